The number of hydrogen-bond acceptors (Lipinski definition) is 2. The molecule has 2 nitrogen and oxygen atoms in total. The third-order valence-electron chi connectivity index (χ3n) is 2.86. The smallest absolute Gasteiger partial charge is 0.122 e. The monoisotopic (exact) mass is 237 g/mol. The average Bonchev–Trinajstić information content (AvgIpc) is 2.40. The molecule has 0 aliphatic carbocycles. The van der Waals surface area contributed by atoms with Crippen molar-refractivity contribution < 1.29 is 4.74 Å². The van der Waals surface area contributed by atoms with Gasteiger partial charge >= 0.3 is 0 Å². The van der Waals surface area contributed by atoms with Crippen LogP contribution >= 0.6 is 0 Å². The van der Waals surface area contributed by atoms with Gasteiger partial charge in [0.2, 0.25) is 0 Å². The first kappa shape index (κ1) is 12.2. The van der Waals surface area contributed by atoms with Crippen LogP contribution in [0.5, 0.6) is 5.75 Å². The summed E-state index contributed by atoms with van der Waals surface area (Å²) in [5, 5.41) is 8.78. The molecule has 18 heavy (non-hydrogen) atoms. The summed E-state index contributed by atoms with van der Waals surface area (Å²) < 4.78 is 5.80. The third kappa shape index (κ3) is 2.89. The minimum Gasteiger partial charge on any atom is -0.489 e. The van der Waals surface area contributed by atoms with Crippen LogP contribution in [0, 0.1) is 18.3 Å². The molecule has 0 N–H and O–H groups in total. The molecule has 0 unspecified atom stereocenters. The van der Waals surface area contributed by atoms with E-state index in [2.05, 4.69) is 6.07 Å². The Morgan fingerprint density at radius 1 is 1.00 bits per heavy atom. The maximum Gasteiger partial charge on any atom is 0.122 e. The van der Waals surface area contributed by atoms with E-state index in [9.17, 15) is 0 Å². The lowest BCUT2D eigenvalue weighted by molar-refractivity contribution is 0.303. The molecule has 0 saturated heterocycles. The minimum atomic E-state index is 0.424. The average molecular weight is 237 g/mol. The number of aryl methyl sites for hydroxylation is 1. The van der Waals surface area contributed by atoms with Crippen LogP contribution in [0.3, 0.4) is 0 Å². The Bertz CT molecular complexity index is 569. The van der Waals surface area contributed by atoms with Crippen molar-refractivity contribution in [2.24, 2.45) is 0 Å². The molecule has 2 aromatic rings. The zero-order valence-electron chi connectivity index (χ0n) is 10.4. The molecule has 0 heterocycles. The first-order valence-electron chi connectivity index (χ1n) is 5.93. The van der Waals surface area contributed by atoms with Crippen molar-refractivity contribution >= 4 is 0 Å². The topological polar surface area (TPSA) is 33.0 Å². The second-order valence-electron chi connectivity index (χ2n) is 4.16. The highest BCUT2D eigenvalue weighted by atomic mass is 16.5. The van der Waals surface area contributed by atoms with Crippen LogP contribution in [-0.2, 0) is 13.0 Å². The maximum absolute atomic E-state index is 8.78. The summed E-state index contributed by atoms with van der Waals surface area (Å²) in [6.07, 6.45) is 0.424. The Labute approximate surface area is 107 Å². The molecule has 0 aromatic heterocycles. The van der Waals surface area contributed by atoms with Gasteiger partial charge in [0.15, 0.2) is 0 Å². The molecule has 0 radical (unpaired) electrons. The first-order valence-corrected chi connectivity index (χ1v) is 5.93. The van der Waals surface area contributed by atoms with Crippen molar-refractivity contribution in [1.82, 2.24) is 0 Å². The van der Waals surface area contributed by atoms with E-state index in [1.165, 1.54) is 0 Å². The van der Waals surface area contributed by atoms with Gasteiger partial charge in [-0.15, -0.1) is 0 Å². The van der Waals surface area contributed by atoms with E-state index >= 15 is 0 Å². The third-order valence-corrected chi connectivity index (χ3v) is 2.86. The molecule has 90 valence electrons. The van der Waals surface area contributed by atoms with Gasteiger partial charge in [-0.3, -0.25) is 0 Å². The summed E-state index contributed by atoms with van der Waals surface area (Å²) >= 11 is 0. The van der Waals surface area contributed by atoms with Gasteiger partial charge in [0, 0.05) is 0 Å². The Balaban J connectivity index is 2.11. The molecule has 0 fully saturated rings. The van der Waals surface area contributed by atoms with E-state index in [1.807, 2.05) is 55.5 Å². The lowest BCUT2D eigenvalue weighted by Gasteiger charge is -2.11. The van der Waals surface area contributed by atoms with Crippen molar-refractivity contribution in [2.75, 3.05) is 0 Å². The lowest BCUT2D eigenvalue weighted by Crippen LogP contribution is -2.00. The summed E-state index contributed by atoms with van der Waals surface area (Å²) in [4.78, 5) is 0. The molecule has 0 saturated carbocycles. The first-order chi connectivity index (χ1) is 8.81. The Hall–Kier alpha value is -2.27. The summed E-state index contributed by atoms with van der Waals surface area (Å²) in [6, 6.07) is 18.0. The number of ether oxygens (including phenoxy) is 1. The molecule has 2 heteroatoms. The molecule has 0 amide bonds. The van der Waals surface area contributed by atoms with Crippen LogP contribution < -0.4 is 4.74 Å². The molecule has 0 atom stereocenters. The highest BCUT2D eigenvalue weighted by molar-refractivity contribution is 5.33. The molecular weight excluding hydrogens is 222 g/mol. The fourth-order valence-electron chi connectivity index (χ4n) is 1.83. The second-order valence-corrected chi connectivity index (χ2v) is 4.16. The van der Waals surface area contributed by atoms with Crippen LogP contribution in [0.2, 0.25) is 0 Å². The molecule has 2 rings (SSSR count). The van der Waals surface area contributed by atoms with Gasteiger partial charge in [0.25, 0.3) is 0 Å². The summed E-state index contributed by atoms with van der Waals surface area (Å²) in [7, 11) is 0. The zero-order valence-corrected chi connectivity index (χ0v) is 10.4. The van der Waals surface area contributed by atoms with Gasteiger partial charge in [0.1, 0.15) is 12.4 Å². The normalized spacial score (nSPS) is 9.78. The van der Waals surface area contributed by atoms with Crippen molar-refractivity contribution in [3.63, 3.8) is 0 Å². The number of para-hydroxylation sites is 1. The van der Waals surface area contributed by atoms with E-state index in [-0.39, 0.29) is 0 Å². The summed E-state index contributed by atoms with van der Waals surface area (Å²) in [5.41, 5.74) is 3.23. The van der Waals surface area contributed by atoms with E-state index < -0.39 is 0 Å². The van der Waals surface area contributed by atoms with Gasteiger partial charge in [-0.05, 0) is 29.7 Å². The predicted octanol–water partition coefficient (Wildman–Crippen LogP) is 3.64. The van der Waals surface area contributed by atoms with Gasteiger partial charge in [-0.2, -0.15) is 5.26 Å². The summed E-state index contributed by atoms with van der Waals surface area (Å²) in [5.74, 6) is 0.893. The van der Waals surface area contributed by atoms with Gasteiger partial charge in [-0.1, -0.05) is 42.5 Å². The molecule has 0 aliphatic heterocycles. The maximum atomic E-state index is 8.78. The SMILES string of the molecule is Cc1ccccc1OCc1ccccc1CC#N. The Kier molecular flexibility index (Phi) is 3.98. The second kappa shape index (κ2) is 5.88. The molecular formula is C16H15NO. The van der Waals surface area contributed by atoms with Crippen molar-refractivity contribution in [2.45, 2.75) is 20.0 Å². The molecule has 0 aliphatic rings. The fraction of sp³-hybridized carbons (Fsp3) is 0.188. The van der Waals surface area contributed by atoms with Crippen molar-refractivity contribution in [3.05, 3.63) is 65.2 Å². The van der Waals surface area contributed by atoms with Gasteiger partial charge in [-0.25, -0.2) is 0 Å². The van der Waals surface area contributed by atoms with Crippen molar-refractivity contribution in [1.29, 1.82) is 5.26 Å². The Morgan fingerprint density at radius 2 is 1.67 bits per heavy atom. The van der Waals surface area contributed by atoms with E-state index in [0.717, 1.165) is 22.4 Å². The van der Waals surface area contributed by atoms with E-state index in [4.69, 9.17) is 10.00 Å². The number of rotatable bonds is 4. The zero-order chi connectivity index (χ0) is 12.8. The van der Waals surface area contributed by atoms with E-state index in [1.54, 1.807) is 0 Å². The number of benzene rings is 2. The molecule has 2 aromatic carbocycles. The number of nitrogens with zero attached hydrogens (tertiary/aromatic N) is 1. The van der Waals surface area contributed by atoms with Crippen LogP contribution in [0.4, 0.5) is 0 Å². The predicted molar refractivity (Wildman–Crippen MR) is 71.3 cm³/mol. The van der Waals surface area contributed by atoms with Crippen LogP contribution in [0.15, 0.2) is 48.5 Å². The standard InChI is InChI=1S/C16H15NO/c1-13-6-2-5-9-16(13)18-12-15-8-4-3-7-14(15)10-11-17/h2-9H,10,12H2,1H3. The Morgan fingerprint density at radius 3 is 2.39 bits per heavy atom. The minimum absolute atomic E-state index is 0.424. The summed E-state index contributed by atoms with van der Waals surface area (Å²) in [6.45, 7) is 2.53. The van der Waals surface area contributed by atoms with Gasteiger partial charge < -0.3 is 4.74 Å². The molecule has 0 bridgehead atoms. The fourth-order valence-corrected chi connectivity index (χ4v) is 1.83. The van der Waals surface area contributed by atoms with Crippen molar-refractivity contribution in [3.8, 4) is 11.8 Å². The highest BCUT2D eigenvalue weighted by Gasteiger charge is 2.03. The number of nitriles is 1. The largest absolute Gasteiger partial charge is 0.489 e. The quantitative estimate of drug-likeness (QED) is 0.813. The number of hydrogen-bond donors (Lipinski definition) is 0. The van der Waals surface area contributed by atoms with E-state index in [0.29, 0.717) is 13.0 Å². The van der Waals surface area contributed by atoms with Crippen LogP contribution in [-0.4, -0.2) is 0 Å². The van der Waals surface area contributed by atoms with Crippen LogP contribution in [0.25, 0.3) is 0 Å². The lowest BCUT2D eigenvalue weighted by atomic mass is 10.1. The molecule has 0 spiro atoms. The highest BCUT2D eigenvalue weighted by Crippen LogP contribution is 2.19. The van der Waals surface area contributed by atoms with Gasteiger partial charge in [0.05, 0.1) is 12.5 Å². The van der Waals surface area contributed by atoms with Crippen LogP contribution in [0.1, 0.15) is 16.7 Å².